The third-order valence-electron chi connectivity index (χ3n) is 4.25. The fourth-order valence-electron chi connectivity index (χ4n) is 2.43. The standard InChI is InChI=1S/C18H25N3O6S/c1-18(2,11-22)16(23)17(24)20-7-8-28(25,26)21-14-10-13(27-3)9-12-5-4-6-19-15(12)14/h4-6,9-10,16,21-23H,7-8,11H2,1-3H3,(H,20,24). The molecule has 0 saturated carbocycles. The Morgan fingerprint density at radius 1 is 1.36 bits per heavy atom. The van der Waals surface area contributed by atoms with Crippen LogP contribution in [0.15, 0.2) is 30.5 Å². The van der Waals surface area contributed by atoms with Crippen LogP contribution < -0.4 is 14.8 Å². The number of hydrogen-bond acceptors (Lipinski definition) is 7. The summed E-state index contributed by atoms with van der Waals surface area (Å²) in [5.74, 6) is -0.681. The second-order valence-corrected chi connectivity index (χ2v) is 8.85. The summed E-state index contributed by atoms with van der Waals surface area (Å²) in [5, 5.41) is 22.2. The maximum Gasteiger partial charge on any atom is 0.249 e. The van der Waals surface area contributed by atoms with Crippen LogP contribution in [0.5, 0.6) is 5.75 Å². The summed E-state index contributed by atoms with van der Waals surface area (Å²) in [6, 6.07) is 6.78. The van der Waals surface area contributed by atoms with Gasteiger partial charge in [-0.05, 0) is 12.1 Å². The number of carbonyl (C=O) groups is 1. The van der Waals surface area contributed by atoms with E-state index in [2.05, 4.69) is 15.0 Å². The van der Waals surface area contributed by atoms with E-state index in [0.717, 1.165) is 0 Å². The number of anilines is 1. The number of fused-ring (bicyclic) bond motifs is 1. The van der Waals surface area contributed by atoms with Gasteiger partial charge in [-0.15, -0.1) is 0 Å². The van der Waals surface area contributed by atoms with Gasteiger partial charge in [0.15, 0.2) is 0 Å². The van der Waals surface area contributed by atoms with E-state index in [1.54, 1.807) is 24.4 Å². The number of aliphatic hydroxyl groups is 2. The van der Waals surface area contributed by atoms with Crippen molar-refractivity contribution in [2.45, 2.75) is 20.0 Å². The minimum atomic E-state index is -3.80. The Hall–Kier alpha value is -2.43. The average molecular weight is 411 g/mol. The van der Waals surface area contributed by atoms with Crippen LogP contribution >= 0.6 is 0 Å². The fourth-order valence-corrected chi connectivity index (χ4v) is 3.39. The number of pyridine rings is 1. The van der Waals surface area contributed by atoms with Gasteiger partial charge in [0.2, 0.25) is 15.9 Å². The van der Waals surface area contributed by atoms with E-state index in [9.17, 15) is 23.4 Å². The van der Waals surface area contributed by atoms with E-state index in [0.29, 0.717) is 16.7 Å². The first-order valence-corrected chi connectivity index (χ1v) is 10.2. The molecule has 1 aromatic heterocycles. The molecule has 10 heteroatoms. The Bertz CT molecular complexity index is 945. The zero-order valence-electron chi connectivity index (χ0n) is 16.0. The molecule has 0 aliphatic heterocycles. The number of rotatable bonds is 9. The quantitative estimate of drug-likeness (QED) is 0.471. The normalized spacial score (nSPS) is 13.2. The van der Waals surface area contributed by atoms with Crippen LogP contribution in [0.1, 0.15) is 13.8 Å². The van der Waals surface area contributed by atoms with Crippen molar-refractivity contribution in [1.82, 2.24) is 10.3 Å². The second kappa shape index (κ2) is 8.72. The molecule has 2 rings (SSSR count). The first-order chi connectivity index (χ1) is 13.1. The Kier molecular flexibility index (Phi) is 6.81. The lowest BCUT2D eigenvalue weighted by Gasteiger charge is -2.27. The van der Waals surface area contributed by atoms with Crippen LogP contribution in [0, 0.1) is 5.41 Å². The van der Waals surface area contributed by atoms with E-state index in [4.69, 9.17) is 4.74 Å². The summed E-state index contributed by atoms with van der Waals surface area (Å²) in [4.78, 5) is 16.1. The van der Waals surface area contributed by atoms with Gasteiger partial charge < -0.3 is 20.3 Å². The lowest BCUT2D eigenvalue weighted by Crippen LogP contribution is -2.46. The summed E-state index contributed by atoms with van der Waals surface area (Å²) in [5.41, 5.74) is -0.300. The Balaban J connectivity index is 2.07. The largest absolute Gasteiger partial charge is 0.497 e. The topological polar surface area (TPSA) is 138 Å². The predicted octanol–water partition coefficient (Wildman–Crippen LogP) is 0.481. The number of sulfonamides is 1. The molecule has 0 saturated heterocycles. The molecule has 28 heavy (non-hydrogen) atoms. The monoisotopic (exact) mass is 411 g/mol. The van der Waals surface area contributed by atoms with Crippen molar-refractivity contribution in [3.63, 3.8) is 0 Å². The molecule has 1 atom stereocenters. The summed E-state index contributed by atoms with van der Waals surface area (Å²) in [6.45, 7) is 2.45. The van der Waals surface area contributed by atoms with Gasteiger partial charge in [0.1, 0.15) is 11.9 Å². The van der Waals surface area contributed by atoms with E-state index in [1.165, 1.54) is 27.0 Å². The molecule has 1 unspecified atom stereocenters. The first-order valence-electron chi connectivity index (χ1n) is 8.59. The molecule has 0 radical (unpaired) electrons. The van der Waals surface area contributed by atoms with Crippen LogP contribution in [-0.4, -0.2) is 61.6 Å². The predicted molar refractivity (Wildman–Crippen MR) is 106 cm³/mol. The molecule has 154 valence electrons. The highest BCUT2D eigenvalue weighted by atomic mass is 32.2. The summed E-state index contributed by atoms with van der Waals surface area (Å²) in [6.07, 6.45) is 0.0941. The Morgan fingerprint density at radius 3 is 2.71 bits per heavy atom. The van der Waals surface area contributed by atoms with Gasteiger partial charge in [0.25, 0.3) is 0 Å². The lowest BCUT2D eigenvalue weighted by molar-refractivity contribution is -0.136. The van der Waals surface area contributed by atoms with E-state index in [-0.39, 0.29) is 12.2 Å². The second-order valence-electron chi connectivity index (χ2n) is 7.01. The molecule has 4 N–H and O–H groups in total. The van der Waals surface area contributed by atoms with Crippen LogP contribution in [0.4, 0.5) is 5.69 Å². The molecule has 2 aromatic rings. The molecule has 1 aromatic carbocycles. The lowest BCUT2D eigenvalue weighted by atomic mass is 9.87. The number of aliphatic hydroxyl groups excluding tert-OH is 2. The zero-order chi connectivity index (χ0) is 20.9. The molecule has 0 fully saturated rings. The molecule has 0 aliphatic carbocycles. The zero-order valence-corrected chi connectivity index (χ0v) is 16.8. The minimum absolute atomic E-state index is 0.206. The maximum atomic E-state index is 12.4. The molecule has 1 heterocycles. The first kappa shape index (κ1) is 21.9. The van der Waals surface area contributed by atoms with Gasteiger partial charge in [-0.1, -0.05) is 19.9 Å². The van der Waals surface area contributed by atoms with Crippen LogP contribution in [0.3, 0.4) is 0 Å². The van der Waals surface area contributed by atoms with Gasteiger partial charge in [-0.3, -0.25) is 14.5 Å². The molecular weight excluding hydrogens is 386 g/mol. The smallest absolute Gasteiger partial charge is 0.249 e. The van der Waals surface area contributed by atoms with Gasteiger partial charge in [0.05, 0.1) is 30.7 Å². The molecule has 0 bridgehead atoms. The molecule has 1 amide bonds. The third-order valence-corrected chi connectivity index (χ3v) is 5.52. The number of methoxy groups -OCH3 is 1. The number of ether oxygens (including phenoxy) is 1. The number of amides is 1. The van der Waals surface area contributed by atoms with Gasteiger partial charge in [0, 0.05) is 29.6 Å². The van der Waals surface area contributed by atoms with Crippen LogP contribution in [-0.2, 0) is 14.8 Å². The molecule has 0 spiro atoms. The average Bonchev–Trinajstić information content (AvgIpc) is 2.66. The van der Waals surface area contributed by atoms with Crippen molar-refractivity contribution in [3.05, 3.63) is 30.5 Å². The van der Waals surface area contributed by atoms with Crippen LogP contribution in [0.2, 0.25) is 0 Å². The van der Waals surface area contributed by atoms with Crippen molar-refractivity contribution in [2.75, 3.05) is 30.7 Å². The van der Waals surface area contributed by atoms with Crippen LogP contribution in [0.25, 0.3) is 10.9 Å². The molecule has 0 aliphatic rings. The fraction of sp³-hybridized carbons (Fsp3) is 0.444. The van der Waals surface area contributed by atoms with Crippen molar-refractivity contribution < 1.29 is 28.2 Å². The summed E-state index contributed by atoms with van der Waals surface area (Å²) in [7, 11) is -2.33. The van der Waals surface area contributed by atoms with Crippen molar-refractivity contribution in [2.24, 2.45) is 5.41 Å². The number of benzene rings is 1. The number of carbonyl (C=O) groups excluding carboxylic acids is 1. The molecule has 9 nitrogen and oxygen atoms in total. The molecular formula is C18H25N3O6S. The Morgan fingerprint density at radius 2 is 2.07 bits per heavy atom. The minimum Gasteiger partial charge on any atom is -0.497 e. The van der Waals surface area contributed by atoms with E-state index >= 15 is 0 Å². The number of nitrogens with zero attached hydrogens (tertiary/aromatic N) is 1. The van der Waals surface area contributed by atoms with Gasteiger partial charge >= 0.3 is 0 Å². The third kappa shape index (κ3) is 5.31. The van der Waals surface area contributed by atoms with Crippen molar-refractivity contribution in [1.29, 1.82) is 0 Å². The SMILES string of the molecule is COc1cc(NS(=O)(=O)CCNC(=O)C(O)C(C)(C)CO)c2ncccc2c1. The number of hydrogen-bond donors (Lipinski definition) is 4. The number of nitrogens with one attached hydrogen (secondary N) is 2. The maximum absolute atomic E-state index is 12.4. The Labute approximate surface area is 163 Å². The highest BCUT2D eigenvalue weighted by molar-refractivity contribution is 7.92. The highest BCUT2D eigenvalue weighted by Crippen LogP contribution is 2.28. The van der Waals surface area contributed by atoms with E-state index in [1.807, 2.05) is 0 Å². The van der Waals surface area contributed by atoms with Gasteiger partial charge in [-0.25, -0.2) is 8.42 Å². The van der Waals surface area contributed by atoms with Crippen molar-refractivity contribution >= 4 is 32.5 Å². The van der Waals surface area contributed by atoms with E-state index < -0.39 is 39.8 Å². The highest BCUT2D eigenvalue weighted by Gasteiger charge is 2.32. The number of aromatic nitrogens is 1. The summed E-state index contributed by atoms with van der Waals surface area (Å²) < 4.78 is 32.5. The summed E-state index contributed by atoms with van der Waals surface area (Å²) >= 11 is 0. The van der Waals surface area contributed by atoms with Crippen molar-refractivity contribution in [3.8, 4) is 5.75 Å². The van der Waals surface area contributed by atoms with Gasteiger partial charge in [-0.2, -0.15) is 0 Å².